The first-order valence-corrected chi connectivity index (χ1v) is 4.30. The van der Waals surface area contributed by atoms with Crippen molar-refractivity contribution in [1.82, 2.24) is 0 Å². The number of hydrogen-bond acceptors (Lipinski definition) is 3. The molecule has 0 aromatic rings. The van der Waals surface area contributed by atoms with Crippen LogP contribution < -0.4 is 11.5 Å². The summed E-state index contributed by atoms with van der Waals surface area (Å²) in [6.07, 6.45) is 2.08. The number of primary amides is 1. The van der Waals surface area contributed by atoms with Gasteiger partial charge in [-0.25, -0.2) is 0 Å². The van der Waals surface area contributed by atoms with Gasteiger partial charge < -0.3 is 11.5 Å². The smallest absolute Gasteiger partial charge is 0.218 e. The molecule has 1 aliphatic rings. The molecule has 0 spiro atoms. The highest BCUT2D eigenvalue weighted by atomic mass is 32.1. The molecule has 12 heavy (non-hydrogen) atoms. The molecule has 1 saturated carbocycles. The zero-order valence-corrected chi connectivity index (χ0v) is 7.60. The minimum atomic E-state index is -0.340. The van der Waals surface area contributed by atoms with Crippen LogP contribution in [0.3, 0.4) is 0 Å². The third-order valence-electron chi connectivity index (χ3n) is 2.29. The molecule has 1 atom stereocenters. The molecule has 4 nitrogen and oxygen atoms in total. The van der Waals surface area contributed by atoms with Crippen LogP contribution in [-0.2, 0) is 4.79 Å². The lowest BCUT2D eigenvalue weighted by molar-refractivity contribution is -0.119. The molecule has 1 rings (SSSR count). The molecule has 0 saturated heterocycles. The monoisotopic (exact) mass is 187 g/mol. The number of amidine groups is 1. The van der Waals surface area contributed by atoms with Crippen LogP contribution in [-0.4, -0.2) is 17.0 Å². The molecular formula is C7H13N3OS. The van der Waals surface area contributed by atoms with Gasteiger partial charge in [0.05, 0.1) is 5.25 Å². The quantitative estimate of drug-likeness (QED) is 0.280. The van der Waals surface area contributed by atoms with E-state index in [1.54, 1.807) is 0 Å². The maximum atomic E-state index is 10.7. The van der Waals surface area contributed by atoms with E-state index in [1.807, 2.05) is 0 Å². The Balaban J connectivity index is 2.60. The summed E-state index contributed by atoms with van der Waals surface area (Å²) in [5, 5.41) is 6.87. The van der Waals surface area contributed by atoms with Gasteiger partial charge in [-0.3, -0.25) is 10.2 Å². The highest BCUT2D eigenvalue weighted by Gasteiger charge is 2.50. The average Bonchev–Trinajstić information content (AvgIpc) is 2.66. The maximum absolute atomic E-state index is 10.7. The van der Waals surface area contributed by atoms with Gasteiger partial charge in [0.1, 0.15) is 5.84 Å². The molecule has 0 aliphatic heterocycles. The van der Waals surface area contributed by atoms with Gasteiger partial charge in [-0.2, -0.15) is 12.6 Å². The van der Waals surface area contributed by atoms with Gasteiger partial charge >= 0.3 is 0 Å². The molecule has 1 aliphatic carbocycles. The van der Waals surface area contributed by atoms with Crippen LogP contribution in [0.2, 0.25) is 0 Å². The van der Waals surface area contributed by atoms with Crippen molar-refractivity contribution in [2.45, 2.75) is 24.5 Å². The van der Waals surface area contributed by atoms with E-state index in [0.717, 1.165) is 12.8 Å². The molecule has 0 bridgehead atoms. The second kappa shape index (κ2) is 2.97. The highest BCUT2D eigenvalue weighted by molar-refractivity contribution is 7.81. The van der Waals surface area contributed by atoms with E-state index in [-0.39, 0.29) is 22.4 Å². The number of hydrogen-bond donors (Lipinski definition) is 4. The Morgan fingerprint density at radius 3 is 2.33 bits per heavy atom. The molecule has 0 aromatic carbocycles. The summed E-state index contributed by atoms with van der Waals surface area (Å²) in [5.74, 6) is -0.315. The summed E-state index contributed by atoms with van der Waals surface area (Å²) < 4.78 is 0. The summed E-state index contributed by atoms with van der Waals surface area (Å²) in [7, 11) is 0. The highest BCUT2D eigenvalue weighted by Crippen LogP contribution is 2.53. The van der Waals surface area contributed by atoms with Crippen molar-refractivity contribution in [2.75, 3.05) is 0 Å². The fraction of sp³-hybridized carbons (Fsp3) is 0.714. The first kappa shape index (κ1) is 9.38. The fourth-order valence-corrected chi connectivity index (χ4v) is 1.73. The Morgan fingerprint density at radius 1 is 1.58 bits per heavy atom. The summed E-state index contributed by atoms with van der Waals surface area (Å²) in [5.41, 5.74) is 10.2. The van der Waals surface area contributed by atoms with Crippen LogP contribution in [0.25, 0.3) is 0 Å². The largest absolute Gasteiger partial charge is 0.387 e. The molecule has 1 unspecified atom stereocenters. The third kappa shape index (κ3) is 1.72. The van der Waals surface area contributed by atoms with E-state index < -0.39 is 0 Å². The fourth-order valence-electron chi connectivity index (χ4n) is 1.38. The average molecular weight is 187 g/mol. The summed E-state index contributed by atoms with van der Waals surface area (Å²) >= 11 is 4.19. The second-order valence-electron chi connectivity index (χ2n) is 3.36. The van der Waals surface area contributed by atoms with E-state index in [4.69, 9.17) is 16.9 Å². The lowest BCUT2D eigenvalue weighted by atomic mass is 9.96. The Bertz CT molecular complexity index is 225. The van der Waals surface area contributed by atoms with Crippen LogP contribution in [0.4, 0.5) is 0 Å². The molecule has 0 heterocycles. The van der Waals surface area contributed by atoms with Gasteiger partial charge in [-0.05, 0) is 18.3 Å². The predicted molar refractivity (Wildman–Crippen MR) is 50.2 cm³/mol. The number of rotatable bonds is 4. The lowest BCUT2D eigenvalue weighted by Gasteiger charge is -2.19. The number of carbonyl (C=O) groups excluding carboxylic acids is 1. The van der Waals surface area contributed by atoms with Crippen molar-refractivity contribution in [3.8, 4) is 0 Å². The van der Waals surface area contributed by atoms with E-state index in [9.17, 15) is 4.79 Å². The normalized spacial score (nSPS) is 21.4. The Kier molecular flexibility index (Phi) is 2.32. The zero-order chi connectivity index (χ0) is 9.35. The van der Waals surface area contributed by atoms with Crippen LogP contribution in [0, 0.1) is 10.8 Å². The van der Waals surface area contributed by atoms with E-state index >= 15 is 0 Å². The van der Waals surface area contributed by atoms with Crippen molar-refractivity contribution < 1.29 is 4.79 Å². The number of amides is 1. The van der Waals surface area contributed by atoms with Crippen LogP contribution in [0.15, 0.2) is 0 Å². The minimum Gasteiger partial charge on any atom is -0.387 e. The van der Waals surface area contributed by atoms with Crippen molar-refractivity contribution in [2.24, 2.45) is 16.9 Å². The Morgan fingerprint density at radius 2 is 2.08 bits per heavy atom. The van der Waals surface area contributed by atoms with Gasteiger partial charge in [-0.1, -0.05) is 0 Å². The number of thiol groups is 1. The zero-order valence-electron chi connectivity index (χ0n) is 6.71. The SMILES string of the molecule is N=C(N)C(S)C1(CC(N)=O)CC1. The van der Waals surface area contributed by atoms with E-state index in [1.165, 1.54) is 0 Å². The third-order valence-corrected chi connectivity index (χ3v) is 3.12. The molecule has 68 valence electrons. The van der Waals surface area contributed by atoms with Gasteiger partial charge in [-0.15, -0.1) is 0 Å². The minimum absolute atomic E-state index is 0.0251. The number of carbonyl (C=O) groups is 1. The van der Waals surface area contributed by atoms with Crippen molar-refractivity contribution in [3.63, 3.8) is 0 Å². The van der Waals surface area contributed by atoms with Gasteiger partial charge in [0.25, 0.3) is 0 Å². The molecule has 5 heteroatoms. The van der Waals surface area contributed by atoms with Gasteiger partial charge in [0.2, 0.25) is 5.91 Å². The maximum Gasteiger partial charge on any atom is 0.218 e. The van der Waals surface area contributed by atoms with Gasteiger partial charge in [0.15, 0.2) is 0 Å². The van der Waals surface area contributed by atoms with Crippen LogP contribution in [0.5, 0.6) is 0 Å². The van der Waals surface area contributed by atoms with Crippen molar-refractivity contribution in [3.05, 3.63) is 0 Å². The first-order chi connectivity index (χ1) is 5.48. The first-order valence-electron chi connectivity index (χ1n) is 3.78. The summed E-state index contributed by atoms with van der Waals surface area (Å²) in [4.78, 5) is 10.7. The predicted octanol–water partition coefficient (Wildman–Crippen LogP) is -0.124. The van der Waals surface area contributed by atoms with E-state index in [2.05, 4.69) is 12.6 Å². The standard InChI is InChI=1S/C7H13N3OS/c8-4(11)3-7(1-2-7)5(12)6(9)10/h5,12H,1-3H2,(H2,8,11)(H3,9,10). The molecule has 0 aromatic heterocycles. The van der Waals surface area contributed by atoms with Crippen molar-refractivity contribution in [1.29, 1.82) is 5.41 Å². The molecule has 5 N–H and O–H groups in total. The molecular weight excluding hydrogens is 174 g/mol. The topological polar surface area (TPSA) is 93.0 Å². The van der Waals surface area contributed by atoms with Crippen LogP contribution in [0.1, 0.15) is 19.3 Å². The summed E-state index contributed by atoms with van der Waals surface area (Å²) in [6, 6.07) is 0. The Labute approximate surface area is 76.6 Å². The van der Waals surface area contributed by atoms with Gasteiger partial charge in [0, 0.05) is 6.42 Å². The number of nitrogens with one attached hydrogen (secondary N) is 1. The summed E-state index contributed by atoms with van der Waals surface area (Å²) in [6.45, 7) is 0. The molecule has 1 fully saturated rings. The number of nitrogens with two attached hydrogens (primary N) is 2. The lowest BCUT2D eigenvalue weighted by Crippen LogP contribution is -2.34. The van der Waals surface area contributed by atoms with Crippen molar-refractivity contribution >= 4 is 24.4 Å². The second-order valence-corrected chi connectivity index (χ2v) is 3.88. The Hall–Kier alpha value is -0.710. The van der Waals surface area contributed by atoms with Crippen LogP contribution >= 0.6 is 12.6 Å². The van der Waals surface area contributed by atoms with E-state index in [0.29, 0.717) is 6.42 Å². The molecule has 0 radical (unpaired) electrons. The molecule has 1 amide bonds.